The number of thiophene rings is 1. The smallest absolute Gasteiger partial charge is 0.382 e. The minimum Gasteiger partial charge on any atom is -0.382 e. The fourth-order valence-corrected chi connectivity index (χ4v) is 2.89. The summed E-state index contributed by atoms with van der Waals surface area (Å²) in [5.74, 6) is -0.989. The maximum atomic E-state index is 12.9. The summed E-state index contributed by atoms with van der Waals surface area (Å²) in [5, 5.41) is 7.16. The predicted molar refractivity (Wildman–Crippen MR) is 80.4 cm³/mol. The van der Waals surface area contributed by atoms with Crippen molar-refractivity contribution in [3.05, 3.63) is 52.7 Å². The minimum atomic E-state index is -4.46. The number of carbonyl (C=O) groups is 1. The second kappa shape index (κ2) is 6.23. The van der Waals surface area contributed by atoms with E-state index in [1.54, 1.807) is 0 Å². The monoisotopic (exact) mass is 358 g/mol. The SMILES string of the molecule is O=C(Nc1cc(C(F)(F)F)cs1)C1CC(c2ccc(F)cc2)=NO1. The van der Waals surface area contributed by atoms with Gasteiger partial charge in [0.1, 0.15) is 5.82 Å². The van der Waals surface area contributed by atoms with Crippen LogP contribution in [0.3, 0.4) is 0 Å². The first-order valence-electron chi connectivity index (χ1n) is 6.78. The molecule has 0 saturated carbocycles. The van der Waals surface area contributed by atoms with Crippen LogP contribution < -0.4 is 5.32 Å². The first-order valence-corrected chi connectivity index (χ1v) is 7.66. The van der Waals surface area contributed by atoms with Crippen molar-refractivity contribution >= 4 is 28.0 Å². The summed E-state index contributed by atoms with van der Waals surface area (Å²) >= 11 is 0.776. The minimum absolute atomic E-state index is 0.0751. The van der Waals surface area contributed by atoms with Gasteiger partial charge in [0.15, 0.2) is 0 Å². The van der Waals surface area contributed by atoms with Crippen LogP contribution in [0.1, 0.15) is 17.5 Å². The van der Waals surface area contributed by atoms with E-state index in [0.717, 1.165) is 22.8 Å². The van der Waals surface area contributed by atoms with Crippen LogP contribution in [0, 0.1) is 5.82 Å². The summed E-state index contributed by atoms with van der Waals surface area (Å²) in [6.07, 6.45) is -5.25. The van der Waals surface area contributed by atoms with Crippen LogP contribution in [0.2, 0.25) is 0 Å². The fourth-order valence-electron chi connectivity index (χ4n) is 2.08. The third-order valence-corrected chi connectivity index (χ3v) is 4.16. The number of hydrogen-bond donors (Lipinski definition) is 1. The molecule has 1 aromatic carbocycles. The number of anilines is 1. The highest BCUT2D eigenvalue weighted by Crippen LogP contribution is 2.34. The van der Waals surface area contributed by atoms with Crippen LogP contribution in [0.25, 0.3) is 0 Å². The molecule has 1 aliphatic heterocycles. The Bertz CT molecular complexity index is 784. The van der Waals surface area contributed by atoms with E-state index >= 15 is 0 Å². The largest absolute Gasteiger partial charge is 0.417 e. The highest BCUT2D eigenvalue weighted by atomic mass is 32.1. The normalized spacial score (nSPS) is 17.3. The van der Waals surface area contributed by atoms with Gasteiger partial charge in [-0.15, -0.1) is 11.3 Å². The first-order chi connectivity index (χ1) is 11.3. The number of benzene rings is 1. The predicted octanol–water partition coefficient (Wildman–Crippen LogP) is 4.04. The van der Waals surface area contributed by atoms with E-state index in [0.29, 0.717) is 11.3 Å². The lowest BCUT2D eigenvalue weighted by molar-refractivity contribution is -0.137. The maximum absolute atomic E-state index is 12.9. The summed E-state index contributed by atoms with van der Waals surface area (Å²) in [4.78, 5) is 17.1. The van der Waals surface area contributed by atoms with Crippen LogP contribution >= 0.6 is 11.3 Å². The molecule has 9 heteroatoms. The van der Waals surface area contributed by atoms with E-state index in [4.69, 9.17) is 4.84 Å². The molecular formula is C15H10F4N2O2S. The number of carbonyl (C=O) groups excluding carboxylic acids is 1. The van der Waals surface area contributed by atoms with Gasteiger partial charge in [0.25, 0.3) is 5.91 Å². The Morgan fingerprint density at radius 3 is 2.62 bits per heavy atom. The third kappa shape index (κ3) is 3.56. The maximum Gasteiger partial charge on any atom is 0.417 e. The van der Waals surface area contributed by atoms with Gasteiger partial charge in [-0.05, 0) is 23.8 Å². The van der Waals surface area contributed by atoms with Crippen molar-refractivity contribution in [3.63, 3.8) is 0 Å². The molecule has 0 fully saturated rings. The zero-order valence-electron chi connectivity index (χ0n) is 11.9. The van der Waals surface area contributed by atoms with Crippen molar-refractivity contribution in [2.24, 2.45) is 5.16 Å². The molecule has 0 aliphatic carbocycles. The van der Waals surface area contributed by atoms with Crippen LogP contribution in [-0.4, -0.2) is 17.7 Å². The van der Waals surface area contributed by atoms with E-state index in [1.165, 1.54) is 24.3 Å². The molecular weight excluding hydrogens is 348 g/mol. The number of amides is 1. The van der Waals surface area contributed by atoms with Gasteiger partial charge in [0, 0.05) is 11.8 Å². The molecule has 0 radical (unpaired) electrons. The lowest BCUT2D eigenvalue weighted by Gasteiger charge is -2.07. The van der Waals surface area contributed by atoms with Crippen LogP contribution in [0.4, 0.5) is 22.6 Å². The quantitative estimate of drug-likeness (QED) is 0.842. The van der Waals surface area contributed by atoms with Crippen molar-refractivity contribution in [1.82, 2.24) is 0 Å². The Labute approximate surface area is 137 Å². The van der Waals surface area contributed by atoms with E-state index in [9.17, 15) is 22.4 Å². The van der Waals surface area contributed by atoms with Crippen molar-refractivity contribution < 1.29 is 27.2 Å². The topological polar surface area (TPSA) is 50.7 Å². The molecule has 1 amide bonds. The van der Waals surface area contributed by atoms with Gasteiger partial charge in [-0.25, -0.2) is 4.39 Å². The van der Waals surface area contributed by atoms with Crippen LogP contribution in [0.5, 0.6) is 0 Å². The average Bonchev–Trinajstić information content (AvgIpc) is 3.16. The van der Waals surface area contributed by atoms with E-state index in [2.05, 4.69) is 10.5 Å². The van der Waals surface area contributed by atoms with Gasteiger partial charge in [-0.1, -0.05) is 17.3 Å². The standard InChI is InChI=1S/C15H10F4N2O2S/c16-10-3-1-8(2-4-10)11-6-12(23-21-11)14(22)20-13-5-9(7-24-13)15(17,18)19/h1-5,7,12H,6H2,(H,20,22). The van der Waals surface area contributed by atoms with E-state index in [-0.39, 0.29) is 11.4 Å². The Morgan fingerprint density at radius 1 is 1.29 bits per heavy atom. The number of nitrogens with one attached hydrogen (secondary N) is 1. The van der Waals surface area contributed by atoms with Gasteiger partial charge in [0.05, 0.1) is 16.3 Å². The molecule has 24 heavy (non-hydrogen) atoms. The molecule has 0 spiro atoms. The Morgan fingerprint density at radius 2 is 2.00 bits per heavy atom. The number of rotatable bonds is 3. The summed E-state index contributed by atoms with van der Waals surface area (Å²) in [5.41, 5.74) is 0.262. The molecule has 2 aromatic rings. The molecule has 1 aliphatic rings. The van der Waals surface area contributed by atoms with Crippen LogP contribution in [-0.2, 0) is 15.8 Å². The number of hydrogen-bond acceptors (Lipinski definition) is 4. The molecule has 2 heterocycles. The molecule has 1 N–H and O–H groups in total. The summed E-state index contributed by atoms with van der Waals surface area (Å²) in [7, 11) is 0. The summed E-state index contributed by atoms with van der Waals surface area (Å²) < 4.78 is 50.5. The molecule has 126 valence electrons. The van der Waals surface area contributed by atoms with Crippen molar-refractivity contribution in [2.45, 2.75) is 18.7 Å². The Kier molecular flexibility index (Phi) is 4.27. The van der Waals surface area contributed by atoms with E-state index in [1.807, 2.05) is 0 Å². The zero-order chi connectivity index (χ0) is 17.3. The lowest BCUT2D eigenvalue weighted by Crippen LogP contribution is -2.27. The van der Waals surface area contributed by atoms with Gasteiger partial charge >= 0.3 is 6.18 Å². The third-order valence-electron chi connectivity index (χ3n) is 3.31. The second-order valence-electron chi connectivity index (χ2n) is 5.03. The Hall–Kier alpha value is -2.42. The molecule has 1 unspecified atom stereocenters. The zero-order valence-corrected chi connectivity index (χ0v) is 12.7. The molecule has 3 rings (SSSR count). The molecule has 4 nitrogen and oxygen atoms in total. The van der Waals surface area contributed by atoms with Crippen LogP contribution in [0.15, 0.2) is 40.9 Å². The number of alkyl halides is 3. The molecule has 1 aromatic heterocycles. The van der Waals surface area contributed by atoms with Crippen molar-refractivity contribution in [3.8, 4) is 0 Å². The Balaban J connectivity index is 1.61. The second-order valence-corrected chi connectivity index (χ2v) is 5.94. The van der Waals surface area contributed by atoms with E-state index < -0.39 is 29.6 Å². The molecule has 0 saturated heterocycles. The highest BCUT2D eigenvalue weighted by molar-refractivity contribution is 7.14. The highest BCUT2D eigenvalue weighted by Gasteiger charge is 2.33. The lowest BCUT2D eigenvalue weighted by atomic mass is 10.0. The number of halogens is 4. The molecule has 1 atom stereocenters. The van der Waals surface area contributed by atoms with Crippen molar-refractivity contribution in [2.75, 3.05) is 5.32 Å². The summed E-state index contributed by atoms with van der Waals surface area (Å²) in [6.45, 7) is 0. The number of nitrogens with zero attached hydrogens (tertiary/aromatic N) is 1. The van der Waals surface area contributed by atoms with Gasteiger partial charge in [-0.2, -0.15) is 13.2 Å². The fraction of sp³-hybridized carbons (Fsp3) is 0.200. The number of oxime groups is 1. The van der Waals surface area contributed by atoms with Gasteiger partial charge in [-0.3, -0.25) is 4.79 Å². The van der Waals surface area contributed by atoms with Gasteiger partial charge in [0.2, 0.25) is 6.10 Å². The van der Waals surface area contributed by atoms with Crippen molar-refractivity contribution in [1.29, 1.82) is 0 Å². The molecule has 0 bridgehead atoms. The summed E-state index contributed by atoms with van der Waals surface area (Å²) in [6, 6.07) is 6.39. The average molecular weight is 358 g/mol. The van der Waals surface area contributed by atoms with Gasteiger partial charge < -0.3 is 10.2 Å². The first kappa shape index (κ1) is 16.4.